The summed E-state index contributed by atoms with van der Waals surface area (Å²) in [5.41, 5.74) is -0.146. The van der Waals surface area contributed by atoms with Crippen LogP contribution in [0, 0.1) is 5.82 Å². The summed E-state index contributed by atoms with van der Waals surface area (Å²) in [4.78, 5) is 24.5. The third-order valence-electron chi connectivity index (χ3n) is 3.80. The zero-order chi connectivity index (χ0) is 22.4. The topological polar surface area (TPSA) is 106 Å². The van der Waals surface area contributed by atoms with Gasteiger partial charge in [-0.2, -0.15) is 14.4 Å². The van der Waals surface area contributed by atoms with E-state index in [1.165, 1.54) is 19.2 Å². The molecule has 11 heteroatoms. The number of amides is 1. The summed E-state index contributed by atoms with van der Waals surface area (Å²) >= 11 is 6.03. The maximum atomic E-state index is 15.0. The highest BCUT2D eigenvalue weighted by Gasteiger charge is 2.24. The van der Waals surface area contributed by atoms with Crippen LogP contribution in [0.1, 0.15) is 5.56 Å². The second-order valence-electron chi connectivity index (χ2n) is 5.88. The SMILES string of the molecule is CO/N=C(/C(=O)N(C)O)c1ccccc1Oc1ncnc(Oc2ccccc2Cl)c1F. The predicted octanol–water partition coefficient (Wildman–Crippen LogP) is 4.05. The van der Waals surface area contributed by atoms with Crippen LogP contribution in [0.4, 0.5) is 4.39 Å². The molecule has 3 rings (SSSR count). The van der Waals surface area contributed by atoms with Gasteiger partial charge in [-0.25, -0.2) is 5.06 Å². The smallest absolute Gasteiger partial charge is 0.299 e. The van der Waals surface area contributed by atoms with Crippen molar-refractivity contribution >= 4 is 23.2 Å². The van der Waals surface area contributed by atoms with E-state index in [1.54, 1.807) is 36.4 Å². The zero-order valence-corrected chi connectivity index (χ0v) is 17.1. The molecule has 0 radical (unpaired) electrons. The first-order chi connectivity index (χ1) is 14.9. The van der Waals surface area contributed by atoms with Crippen LogP contribution in [0.5, 0.6) is 23.3 Å². The van der Waals surface area contributed by atoms with Crippen molar-refractivity contribution in [3.05, 3.63) is 71.3 Å². The van der Waals surface area contributed by atoms with Gasteiger partial charge < -0.3 is 14.3 Å². The van der Waals surface area contributed by atoms with Gasteiger partial charge in [-0.3, -0.25) is 10.0 Å². The monoisotopic (exact) mass is 446 g/mol. The molecule has 0 saturated heterocycles. The molecule has 160 valence electrons. The number of aromatic nitrogens is 2. The second-order valence-corrected chi connectivity index (χ2v) is 6.29. The van der Waals surface area contributed by atoms with Crippen LogP contribution in [-0.2, 0) is 9.63 Å². The number of carbonyl (C=O) groups excluding carboxylic acids is 1. The van der Waals surface area contributed by atoms with Crippen molar-refractivity contribution in [2.45, 2.75) is 0 Å². The average molecular weight is 447 g/mol. The molecule has 0 unspecified atom stereocenters. The molecule has 0 atom stereocenters. The minimum Gasteiger partial charge on any atom is -0.436 e. The molecule has 0 aliphatic carbocycles. The Labute approximate surface area is 181 Å². The van der Waals surface area contributed by atoms with Gasteiger partial charge in [0.2, 0.25) is 5.82 Å². The molecule has 0 spiro atoms. The predicted molar refractivity (Wildman–Crippen MR) is 108 cm³/mol. The van der Waals surface area contributed by atoms with E-state index in [1.807, 2.05) is 0 Å². The molecule has 1 aromatic heterocycles. The fourth-order valence-electron chi connectivity index (χ4n) is 2.42. The Hall–Kier alpha value is -3.76. The first-order valence-corrected chi connectivity index (χ1v) is 9.08. The number of nitrogens with zero attached hydrogens (tertiary/aromatic N) is 4. The summed E-state index contributed by atoms with van der Waals surface area (Å²) in [6.07, 6.45) is 1.05. The summed E-state index contributed by atoms with van der Waals surface area (Å²) < 4.78 is 26.0. The summed E-state index contributed by atoms with van der Waals surface area (Å²) in [7, 11) is 2.36. The van der Waals surface area contributed by atoms with Gasteiger partial charge in [0.1, 0.15) is 24.9 Å². The van der Waals surface area contributed by atoms with Crippen LogP contribution in [0.15, 0.2) is 60.0 Å². The lowest BCUT2D eigenvalue weighted by atomic mass is 10.1. The fraction of sp³-hybridized carbons (Fsp3) is 0.100. The van der Waals surface area contributed by atoms with Crippen molar-refractivity contribution in [1.82, 2.24) is 15.0 Å². The normalized spacial score (nSPS) is 11.1. The van der Waals surface area contributed by atoms with E-state index in [4.69, 9.17) is 25.9 Å². The molecular weight excluding hydrogens is 431 g/mol. The molecule has 1 heterocycles. The summed E-state index contributed by atoms with van der Waals surface area (Å²) in [6, 6.07) is 12.6. The Morgan fingerprint density at radius 2 is 1.65 bits per heavy atom. The molecular formula is C20H16ClFN4O5. The zero-order valence-electron chi connectivity index (χ0n) is 16.3. The maximum absolute atomic E-state index is 15.0. The minimum atomic E-state index is -0.993. The van der Waals surface area contributed by atoms with Crippen LogP contribution in [-0.4, -0.2) is 46.0 Å². The van der Waals surface area contributed by atoms with E-state index in [0.29, 0.717) is 5.06 Å². The fourth-order valence-corrected chi connectivity index (χ4v) is 2.59. The van der Waals surface area contributed by atoms with Gasteiger partial charge in [-0.1, -0.05) is 41.0 Å². The first-order valence-electron chi connectivity index (χ1n) is 8.70. The first kappa shape index (κ1) is 21.9. The number of oxime groups is 1. The van der Waals surface area contributed by atoms with Gasteiger partial charge in [0.05, 0.1) is 10.6 Å². The standard InChI is InChI=1S/C20H16ClFN4O5/c1-26(28)20(27)17(25-29-2)12-7-3-5-9-14(12)30-18-16(22)19(24-11-23-18)31-15-10-6-4-8-13(15)21/h3-11,28H,1-2H3/b25-17+. The molecule has 2 aromatic carbocycles. The number of rotatable bonds is 7. The van der Waals surface area contributed by atoms with Gasteiger partial charge >= 0.3 is 0 Å². The Morgan fingerprint density at radius 1 is 1.06 bits per heavy atom. The van der Waals surface area contributed by atoms with E-state index < -0.39 is 23.5 Å². The van der Waals surface area contributed by atoms with Gasteiger partial charge in [-0.15, -0.1) is 0 Å². The van der Waals surface area contributed by atoms with Gasteiger partial charge in [0.15, 0.2) is 5.71 Å². The van der Waals surface area contributed by atoms with Crippen molar-refractivity contribution in [3.63, 3.8) is 0 Å². The molecule has 31 heavy (non-hydrogen) atoms. The van der Waals surface area contributed by atoms with Gasteiger partial charge in [0, 0.05) is 7.05 Å². The molecule has 0 bridgehead atoms. The Balaban J connectivity index is 1.96. The number of benzene rings is 2. The van der Waals surface area contributed by atoms with Crippen molar-refractivity contribution in [1.29, 1.82) is 0 Å². The molecule has 0 fully saturated rings. The average Bonchev–Trinajstić information content (AvgIpc) is 2.76. The number of carbonyl (C=O) groups is 1. The quantitative estimate of drug-likeness (QED) is 0.331. The van der Waals surface area contributed by atoms with Crippen LogP contribution in [0.25, 0.3) is 0 Å². The van der Waals surface area contributed by atoms with Gasteiger partial charge in [0.25, 0.3) is 17.7 Å². The van der Waals surface area contributed by atoms with Crippen molar-refractivity contribution in [2.24, 2.45) is 5.16 Å². The summed E-state index contributed by atoms with van der Waals surface area (Å²) in [6.45, 7) is 0. The van der Waals surface area contributed by atoms with Crippen LogP contribution in [0.3, 0.4) is 0 Å². The number of likely N-dealkylation sites (N-methyl/N-ethyl adjacent to an activating group) is 1. The molecule has 3 aromatic rings. The van der Waals surface area contributed by atoms with E-state index in [-0.39, 0.29) is 27.8 Å². The highest BCUT2D eigenvalue weighted by Crippen LogP contribution is 2.33. The summed E-state index contributed by atoms with van der Waals surface area (Å²) in [5.74, 6) is -2.52. The third kappa shape index (κ3) is 5.05. The Morgan fingerprint density at radius 3 is 2.26 bits per heavy atom. The number of ether oxygens (including phenoxy) is 2. The lowest BCUT2D eigenvalue weighted by Crippen LogP contribution is -2.31. The number of hydrogen-bond acceptors (Lipinski definition) is 8. The lowest BCUT2D eigenvalue weighted by molar-refractivity contribution is -0.151. The molecule has 1 amide bonds. The Bertz CT molecular complexity index is 1130. The highest BCUT2D eigenvalue weighted by molar-refractivity contribution is 6.45. The van der Waals surface area contributed by atoms with Crippen molar-refractivity contribution < 1.29 is 28.7 Å². The van der Waals surface area contributed by atoms with E-state index >= 15 is 0 Å². The van der Waals surface area contributed by atoms with E-state index in [2.05, 4.69) is 15.1 Å². The largest absolute Gasteiger partial charge is 0.436 e. The molecule has 0 aliphatic rings. The van der Waals surface area contributed by atoms with Crippen LogP contribution >= 0.6 is 11.6 Å². The van der Waals surface area contributed by atoms with E-state index in [0.717, 1.165) is 13.4 Å². The number of para-hydroxylation sites is 2. The molecule has 9 nitrogen and oxygen atoms in total. The third-order valence-corrected chi connectivity index (χ3v) is 4.11. The molecule has 0 saturated carbocycles. The van der Waals surface area contributed by atoms with Crippen LogP contribution in [0.2, 0.25) is 5.02 Å². The lowest BCUT2D eigenvalue weighted by Gasteiger charge is -2.14. The van der Waals surface area contributed by atoms with Gasteiger partial charge in [-0.05, 0) is 24.3 Å². The number of hydrogen-bond donors (Lipinski definition) is 1. The Kier molecular flexibility index (Phi) is 6.96. The molecule has 1 N–H and O–H groups in total. The summed E-state index contributed by atoms with van der Waals surface area (Å²) in [5, 5.41) is 13.7. The second kappa shape index (κ2) is 9.83. The van der Waals surface area contributed by atoms with Crippen LogP contribution < -0.4 is 9.47 Å². The van der Waals surface area contributed by atoms with Crippen molar-refractivity contribution in [2.75, 3.05) is 14.2 Å². The number of hydroxylamine groups is 2. The van der Waals surface area contributed by atoms with E-state index in [9.17, 15) is 14.4 Å². The minimum absolute atomic E-state index is 0.0230. The highest BCUT2D eigenvalue weighted by atomic mass is 35.5. The number of halogens is 2. The molecule has 0 aliphatic heterocycles. The van der Waals surface area contributed by atoms with Crippen molar-refractivity contribution in [3.8, 4) is 23.3 Å². The maximum Gasteiger partial charge on any atom is 0.299 e.